The number of benzene rings is 1. The van der Waals surface area contributed by atoms with Gasteiger partial charge < -0.3 is 15.4 Å². The molecule has 0 unspecified atom stereocenters. The van der Waals surface area contributed by atoms with Crippen molar-refractivity contribution < 1.29 is 9.13 Å². The molecule has 140 valence electrons. The predicted octanol–water partition coefficient (Wildman–Crippen LogP) is 4.33. The van der Waals surface area contributed by atoms with Gasteiger partial charge in [0, 0.05) is 23.7 Å². The van der Waals surface area contributed by atoms with Gasteiger partial charge in [0.1, 0.15) is 11.6 Å². The Labute approximate surface area is 162 Å². The number of aliphatic imine (C=N–C) groups is 1. The van der Waals surface area contributed by atoms with Crippen LogP contribution in [0, 0.1) is 5.82 Å². The minimum Gasteiger partial charge on any atom is -0.439 e. The van der Waals surface area contributed by atoms with Crippen molar-refractivity contribution in [3.63, 3.8) is 0 Å². The fourth-order valence-corrected chi connectivity index (χ4v) is 2.97. The van der Waals surface area contributed by atoms with Crippen LogP contribution in [0.4, 0.5) is 4.39 Å². The van der Waals surface area contributed by atoms with Gasteiger partial charge in [-0.2, -0.15) is 0 Å². The van der Waals surface area contributed by atoms with Gasteiger partial charge in [-0.3, -0.25) is 0 Å². The summed E-state index contributed by atoms with van der Waals surface area (Å²) in [5.74, 6) is 1.44. The van der Waals surface area contributed by atoms with E-state index in [0.717, 1.165) is 24.6 Å². The Morgan fingerprint density at radius 2 is 2.04 bits per heavy atom. The number of nitrogens with zero attached hydrogens (tertiary/aromatic N) is 2. The molecule has 1 aromatic carbocycles. The Morgan fingerprint density at radius 1 is 1.19 bits per heavy atom. The lowest BCUT2D eigenvalue weighted by atomic mass is 10.2. The number of nitrogens with one attached hydrogen (secondary N) is 2. The Kier molecular flexibility index (Phi) is 6.76. The highest BCUT2D eigenvalue weighted by Crippen LogP contribution is 2.20. The summed E-state index contributed by atoms with van der Waals surface area (Å²) in [6, 6.07) is 13.7. The van der Waals surface area contributed by atoms with E-state index in [-0.39, 0.29) is 5.82 Å². The largest absolute Gasteiger partial charge is 0.439 e. The van der Waals surface area contributed by atoms with Crippen LogP contribution in [-0.4, -0.2) is 17.5 Å². The summed E-state index contributed by atoms with van der Waals surface area (Å²) in [5, 5.41) is 8.61. The SMILES string of the molecule is CCNC(=NCc1ccnc(Oc2ccc(F)cc2)c1)NCc1cccs1. The fourth-order valence-electron chi connectivity index (χ4n) is 2.32. The molecule has 3 aromatic rings. The van der Waals surface area contributed by atoms with Crippen LogP contribution in [0.1, 0.15) is 17.4 Å². The van der Waals surface area contributed by atoms with Crippen LogP contribution in [0.25, 0.3) is 0 Å². The monoisotopic (exact) mass is 384 g/mol. The van der Waals surface area contributed by atoms with Gasteiger partial charge in [-0.15, -0.1) is 11.3 Å². The highest BCUT2D eigenvalue weighted by molar-refractivity contribution is 7.09. The first-order chi connectivity index (χ1) is 13.2. The lowest BCUT2D eigenvalue weighted by Gasteiger charge is -2.11. The van der Waals surface area contributed by atoms with E-state index in [1.165, 1.54) is 17.0 Å². The minimum absolute atomic E-state index is 0.301. The van der Waals surface area contributed by atoms with Crippen LogP contribution in [0.15, 0.2) is 65.1 Å². The zero-order valence-electron chi connectivity index (χ0n) is 15.0. The van der Waals surface area contributed by atoms with Gasteiger partial charge in [-0.1, -0.05) is 6.07 Å². The minimum atomic E-state index is -0.301. The molecule has 0 bridgehead atoms. The number of guanidine groups is 1. The lowest BCUT2D eigenvalue weighted by molar-refractivity contribution is 0.460. The third-order valence-electron chi connectivity index (χ3n) is 3.61. The second-order valence-electron chi connectivity index (χ2n) is 5.69. The first-order valence-corrected chi connectivity index (χ1v) is 9.54. The normalized spacial score (nSPS) is 11.3. The smallest absolute Gasteiger partial charge is 0.219 e. The van der Waals surface area contributed by atoms with Crippen LogP contribution in [0.5, 0.6) is 11.6 Å². The van der Waals surface area contributed by atoms with Crippen LogP contribution in [0.3, 0.4) is 0 Å². The van der Waals surface area contributed by atoms with E-state index in [2.05, 4.69) is 32.1 Å². The molecule has 2 heterocycles. The molecule has 0 atom stereocenters. The molecule has 0 fully saturated rings. The third kappa shape index (κ3) is 6.07. The molecule has 0 saturated carbocycles. The maximum absolute atomic E-state index is 13.0. The Morgan fingerprint density at radius 3 is 2.78 bits per heavy atom. The van der Waals surface area contributed by atoms with Crippen LogP contribution < -0.4 is 15.4 Å². The van der Waals surface area contributed by atoms with Crippen LogP contribution in [0.2, 0.25) is 0 Å². The number of halogens is 1. The highest BCUT2D eigenvalue weighted by Gasteiger charge is 2.03. The number of ether oxygens (including phenoxy) is 1. The maximum Gasteiger partial charge on any atom is 0.219 e. The number of hydrogen-bond acceptors (Lipinski definition) is 4. The molecule has 7 heteroatoms. The van der Waals surface area contributed by atoms with Crippen molar-refractivity contribution in [3.05, 3.63) is 76.4 Å². The van der Waals surface area contributed by atoms with Crippen molar-refractivity contribution in [2.75, 3.05) is 6.54 Å². The van der Waals surface area contributed by atoms with Crippen molar-refractivity contribution >= 4 is 17.3 Å². The summed E-state index contributed by atoms with van der Waals surface area (Å²) in [6.45, 7) is 4.04. The summed E-state index contributed by atoms with van der Waals surface area (Å²) in [5.41, 5.74) is 0.968. The lowest BCUT2D eigenvalue weighted by Crippen LogP contribution is -2.36. The number of aromatic nitrogens is 1. The van der Waals surface area contributed by atoms with Gasteiger partial charge in [0.05, 0.1) is 13.1 Å². The molecule has 0 aliphatic heterocycles. The quantitative estimate of drug-likeness (QED) is 0.470. The number of rotatable bonds is 7. The zero-order valence-corrected chi connectivity index (χ0v) is 15.8. The third-order valence-corrected chi connectivity index (χ3v) is 4.49. The van der Waals surface area contributed by atoms with Crippen LogP contribution >= 0.6 is 11.3 Å². The molecule has 0 aliphatic carbocycles. The first-order valence-electron chi connectivity index (χ1n) is 8.66. The average molecular weight is 384 g/mol. The number of hydrogen-bond donors (Lipinski definition) is 2. The van der Waals surface area contributed by atoms with Gasteiger partial charge in [-0.05, 0) is 54.3 Å². The maximum atomic E-state index is 13.0. The molecular formula is C20H21FN4OS. The van der Waals surface area contributed by atoms with Gasteiger partial charge in [0.15, 0.2) is 5.96 Å². The van der Waals surface area contributed by atoms with Gasteiger partial charge in [0.25, 0.3) is 0 Å². The highest BCUT2D eigenvalue weighted by atomic mass is 32.1. The molecule has 0 amide bonds. The second-order valence-corrected chi connectivity index (χ2v) is 6.72. The topological polar surface area (TPSA) is 58.5 Å². The van der Waals surface area contributed by atoms with E-state index in [1.807, 2.05) is 25.1 Å². The van der Waals surface area contributed by atoms with E-state index < -0.39 is 0 Å². The van der Waals surface area contributed by atoms with Crippen LogP contribution in [-0.2, 0) is 13.1 Å². The summed E-state index contributed by atoms with van der Waals surface area (Å²) >= 11 is 1.71. The standard InChI is InChI=1S/C20H21FN4OS/c1-2-22-20(25-14-18-4-3-11-27-18)24-13-15-9-10-23-19(12-15)26-17-7-5-16(21)6-8-17/h3-12H,2,13-14H2,1H3,(H2,22,24,25). The van der Waals surface area contributed by atoms with Crippen molar-refractivity contribution in [1.29, 1.82) is 0 Å². The molecule has 0 saturated heterocycles. The molecule has 5 nitrogen and oxygen atoms in total. The van der Waals surface area contributed by atoms with E-state index in [1.54, 1.807) is 29.7 Å². The molecule has 0 radical (unpaired) electrons. The van der Waals surface area contributed by atoms with E-state index >= 15 is 0 Å². The molecule has 3 rings (SSSR count). The van der Waals surface area contributed by atoms with E-state index in [9.17, 15) is 4.39 Å². The van der Waals surface area contributed by atoms with Gasteiger partial charge in [-0.25, -0.2) is 14.4 Å². The summed E-state index contributed by atoms with van der Waals surface area (Å²) in [6.07, 6.45) is 1.68. The molecule has 2 N–H and O–H groups in total. The Bertz CT molecular complexity index is 866. The van der Waals surface area contributed by atoms with E-state index in [4.69, 9.17) is 4.74 Å². The average Bonchev–Trinajstić information content (AvgIpc) is 3.20. The van der Waals surface area contributed by atoms with Crippen molar-refractivity contribution in [3.8, 4) is 11.6 Å². The van der Waals surface area contributed by atoms with Gasteiger partial charge >= 0.3 is 0 Å². The zero-order chi connectivity index (χ0) is 18.9. The van der Waals surface area contributed by atoms with E-state index in [0.29, 0.717) is 18.2 Å². The molecule has 0 spiro atoms. The Hall–Kier alpha value is -2.93. The molecule has 0 aliphatic rings. The number of pyridine rings is 1. The molecule has 27 heavy (non-hydrogen) atoms. The summed E-state index contributed by atoms with van der Waals surface area (Å²) in [4.78, 5) is 10.1. The first kappa shape index (κ1) is 18.8. The molecular weight excluding hydrogens is 363 g/mol. The second kappa shape index (κ2) is 9.68. The van der Waals surface area contributed by atoms with Gasteiger partial charge in [0.2, 0.25) is 5.88 Å². The van der Waals surface area contributed by atoms with Crippen molar-refractivity contribution in [2.45, 2.75) is 20.0 Å². The fraction of sp³-hybridized carbons (Fsp3) is 0.200. The Balaban J connectivity index is 1.62. The van der Waals surface area contributed by atoms with Crippen molar-refractivity contribution in [1.82, 2.24) is 15.6 Å². The van der Waals surface area contributed by atoms with Crippen molar-refractivity contribution in [2.24, 2.45) is 4.99 Å². The molecule has 2 aromatic heterocycles. The summed E-state index contributed by atoms with van der Waals surface area (Å²) < 4.78 is 18.7. The number of thiophene rings is 1. The predicted molar refractivity (Wildman–Crippen MR) is 107 cm³/mol. The summed E-state index contributed by atoms with van der Waals surface area (Å²) in [7, 11) is 0.